The zero-order chi connectivity index (χ0) is 24.5. The number of nitrogens with two attached hydrogens (primary N) is 1. The molecule has 2 N–H and O–H groups in total. The van der Waals surface area contributed by atoms with Crippen LogP contribution in [0.5, 0.6) is 0 Å². The van der Waals surface area contributed by atoms with Crippen LogP contribution in [0, 0.1) is 0 Å². The van der Waals surface area contributed by atoms with E-state index in [2.05, 4.69) is 45.6 Å². The van der Waals surface area contributed by atoms with E-state index in [1.807, 2.05) is 14.1 Å². The van der Waals surface area contributed by atoms with Gasteiger partial charge in [-0.05, 0) is 19.3 Å². The van der Waals surface area contributed by atoms with E-state index in [0.717, 1.165) is 0 Å². The molecule has 0 bridgehead atoms. The van der Waals surface area contributed by atoms with Crippen molar-refractivity contribution in [3.8, 4) is 0 Å². The van der Waals surface area contributed by atoms with Gasteiger partial charge >= 0.3 is 0 Å². The lowest BCUT2D eigenvalue weighted by Gasteiger charge is -2.30. The summed E-state index contributed by atoms with van der Waals surface area (Å²) >= 11 is 8.46. The minimum atomic E-state index is 0.139. The Labute approximate surface area is 214 Å². The molecule has 0 heterocycles. The van der Waals surface area contributed by atoms with Gasteiger partial charge < -0.3 is 10.6 Å². The smallest absolute Gasteiger partial charge is 0.132 e. The van der Waals surface area contributed by atoms with Crippen LogP contribution in [0.15, 0.2) is 0 Å². The third-order valence-corrected chi connectivity index (χ3v) is 7.23. The van der Waals surface area contributed by atoms with Crippen molar-refractivity contribution in [3.05, 3.63) is 0 Å². The van der Waals surface area contributed by atoms with E-state index in [4.69, 9.17) is 5.73 Å². The predicted octanol–water partition coefficient (Wildman–Crippen LogP) is 9.70. The number of hydrogen-bond acceptors (Lipinski definition) is 2. The van der Waals surface area contributed by atoms with Crippen LogP contribution in [0.1, 0.15) is 156 Å². The maximum Gasteiger partial charge on any atom is 0.132 e. The fourth-order valence-electron chi connectivity index (χ4n) is 4.15. The minimum absolute atomic E-state index is 0.139. The molecule has 0 unspecified atom stereocenters. The van der Waals surface area contributed by atoms with E-state index in [0.29, 0.717) is 4.32 Å². The number of thiocarbonyl (C=S) groups is 1. The van der Waals surface area contributed by atoms with Crippen LogP contribution in [-0.2, 0) is 0 Å². The van der Waals surface area contributed by atoms with Crippen LogP contribution < -0.4 is 5.73 Å². The quantitative estimate of drug-likeness (QED) is 0.0956. The molecular formula is C28H60N2S2. The van der Waals surface area contributed by atoms with Gasteiger partial charge in [-0.2, -0.15) is 0 Å². The van der Waals surface area contributed by atoms with Gasteiger partial charge in [0.15, 0.2) is 0 Å². The highest BCUT2D eigenvalue weighted by Crippen LogP contribution is 2.27. The summed E-state index contributed by atoms with van der Waals surface area (Å²) in [5.41, 5.74) is 7.06. The van der Waals surface area contributed by atoms with Gasteiger partial charge in [0.05, 0.1) is 0 Å². The van der Waals surface area contributed by atoms with Gasteiger partial charge in [-0.1, -0.05) is 149 Å². The van der Waals surface area contributed by atoms with E-state index in [1.54, 1.807) is 4.90 Å². The van der Waals surface area contributed by atoms with Crippen molar-refractivity contribution < 1.29 is 0 Å². The summed E-state index contributed by atoms with van der Waals surface area (Å²) < 4.78 is 0.620. The molecule has 0 aliphatic carbocycles. The zero-order valence-electron chi connectivity index (χ0n) is 22.7. The Balaban J connectivity index is 0. The lowest BCUT2D eigenvalue weighted by molar-refractivity contribution is 0.302. The van der Waals surface area contributed by atoms with E-state index >= 15 is 0 Å². The van der Waals surface area contributed by atoms with Crippen molar-refractivity contribution >= 4 is 29.2 Å². The van der Waals surface area contributed by atoms with Gasteiger partial charge in [-0.3, -0.25) is 0 Å². The van der Waals surface area contributed by atoms with Crippen molar-refractivity contribution in [2.24, 2.45) is 5.73 Å². The molecular weight excluding hydrogens is 428 g/mol. The monoisotopic (exact) mass is 488 g/mol. The molecule has 0 amide bonds. The molecule has 0 saturated heterocycles. The molecule has 0 radical (unpaired) electrons. The third-order valence-electron chi connectivity index (χ3n) is 6.47. The average Bonchev–Trinajstić information content (AvgIpc) is 2.76. The fourth-order valence-corrected chi connectivity index (χ4v) is 4.15. The van der Waals surface area contributed by atoms with Crippen molar-refractivity contribution in [1.29, 1.82) is 0 Å². The van der Waals surface area contributed by atoms with Crippen LogP contribution in [0.25, 0.3) is 0 Å². The first-order chi connectivity index (χ1) is 15.3. The van der Waals surface area contributed by atoms with Gasteiger partial charge in [0, 0.05) is 19.6 Å². The van der Waals surface area contributed by atoms with Crippen molar-refractivity contribution in [2.75, 3.05) is 14.1 Å². The number of unbranched alkanes of at least 4 members (excludes halogenated alkanes) is 15. The molecule has 0 aliphatic rings. The van der Waals surface area contributed by atoms with E-state index in [9.17, 15) is 0 Å². The summed E-state index contributed by atoms with van der Waals surface area (Å²) in [6.07, 6.45) is 28.8. The Kier molecular flexibility index (Phi) is 27.7. The largest absolute Gasteiger partial charge is 0.364 e. The standard InChI is InChI=1S/C25H53N.C3H7NS2/c1-4-7-10-13-16-19-22-25(26,23-20-17-14-11-8-5-2)24-21-18-15-12-9-6-3;1-4(2)3(5)6/h4-24,26H2,1-3H3;1-2H3,(H,5,6). The molecule has 0 aromatic heterocycles. The number of nitrogens with zero attached hydrogens (tertiary/aromatic N) is 1. The molecule has 194 valence electrons. The molecule has 2 nitrogen and oxygen atoms in total. The number of hydrogen-bond donors (Lipinski definition) is 2. The van der Waals surface area contributed by atoms with E-state index in [1.165, 1.54) is 135 Å². The molecule has 0 aromatic rings. The second kappa shape index (κ2) is 25.8. The van der Waals surface area contributed by atoms with Crippen molar-refractivity contribution in [1.82, 2.24) is 4.90 Å². The Morgan fingerprint density at radius 1 is 0.594 bits per heavy atom. The first-order valence-electron chi connectivity index (χ1n) is 14.0. The molecule has 0 fully saturated rings. The number of rotatable bonds is 21. The van der Waals surface area contributed by atoms with Crippen LogP contribution in [0.3, 0.4) is 0 Å². The average molecular weight is 489 g/mol. The molecule has 0 aromatic carbocycles. The first kappa shape index (κ1) is 34.4. The Morgan fingerprint density at radius 3 is 1.03 bits per heavy atom. The van der Waals surface area contributed by atoms with Gasteiger partial charge in [0.1, 0.15) is 4.32 Å². The molecule has 0 aliphatic heterocycles. The van der Waals surface area contributed by atoms with Crippen LogP contribution in [0.4, 0.5) is 0 Å². The van der Waals surface area contributed by atoms with Gasteiger partial charge in [0.2, 0.25) is 0 Å². The molecule has 0 rings (SSSR count). The predicted molar refractivity (Wildman–Crippen MR) is 156 cm³/mol. The highest BCUT2D eigenvalue weighted by atomic mass is 32.1. The minimum Gasteiger partial charge on any atom is -0.364 e. The highest BCUT2D eigenvalue weighted by molar-refractivity contribution is 8.10. The SMILES string of the molecule is CCCCCCCCC(N)(CCCCCCCC)CCCCCCCC.CN(C)C(=S)S. The Hall–Kier alpha value is 0.200. The zero-order valence-corrected chi connectivity index (χ0v) is 24.4. The van der Waals surface area contributed by atoms with Crippen molar-refractivity contribution in [3.63, 3.8) is 0 Å². The van der Waals surface area contributed by atoms with Gasteiger partial charge in [-0.15, -0.1) is 12.6 Å². The Bertz CT molecular complexity index is 345. The highest BCUT2D eigenvalue weighted by Gasteiger charge is 2.23. The maximum absolute atomic E-state index is 6.92. The summed E-state index contributed by atoms with van der Waals surface area (Å²) in [6, 6.07) is 0. The van der Waals surface area contributed by atoms with Crippen LogP contribution >= 0.6 is 24.8 Å². The molecule has 0 atom stereocenters. The van der Waals surface area contributed by atoms with Gasteiger partial charge in [0.25, 0.3) is 0 Å². The molecule has 4 heteroatoms. The molecule has 0 saturated carbocycles. The summed E-state index contributed by atoms with van der Waals surface area (Å²) in [7, 11) is 3.71. The topological polar surface area (TPSA) is 29.3 Å². The summed E-state index contributed by atoms with van der Waals surface area (Å²) in [6.45, 7) is 6.89. The maximum atomic E-state index is 6.92. The third kappa shape index (κ3) is 26.5. The normalized spacial score (nSPS) is 11.2. The fraction of sp³-hybridized carbons (Fsp3) is 0.964. The van der Waals surface area contributed by atoms with Crippen LogP contribution in [0.2, 0.25) is 0 Å². The second-order valence-electron chi connectivity index (χ2n) is 10.1. The lowest BCUT2D eigenvalue weighted by atomic mass is 9.82. The van der Waals surface area contributed by atoms with E-state index < -0.39 is 0 Å². The Morgan fingerprint density at radius 2 is 0.812 bits per heavy atom. The second-order valence-corrected chi connectivity index (χ2v) is 11.2. The summed E-state index contributed by atoms with van der Waals surface area (Å²) in [5.74, 6) is 0. The van der Waals surface area contributed by atoms with Crippen molar-refractivity contribution in [2.45, 2.75) is 161 Å². The molecule has 32 heavy (non-hydrogen) atoms. The van der Waals surface area contributed by atoms with Crippen LogP contribution in [-0.4, -0.2) is 28.9 Å². The molecule has 0 spiro atoms. The number of thiol groups is 1. The van der Waals surface area contributed by atoms with Gasteiger partial charge in [-0.25, -0.2) is 0 Å². The van der Waals surface area contributed by atoms with E-state index in [-0.39, 0.29) is 5.54 Å². The summed E-state index contributed by atoms with van der Waals surface area (Å²) in [5, 5.41) is 0. The first-order valence-corrected chi connectivity index (χ1v) is 14.9. The lowest BCUT2D eigenvalue weighted by Crippen LogP contribution is -2.39. The summed E-state index contributed by atoms with van der Waals surface area (Å²) in [4.78, 5) is 1.76.